The Kier molecular flexibility index (Phi) is 4.48. The Balaban J connectivity index is 1.58. The number of hydrogen-bond donors (Lipinski definition) is 1. The van der Waals surface area contributed by atoms with Crippen molar-refractivity contribution in [3.05, 3.63) is 72.1 Å². The van der Waals surface area contributed by atoms with Gasteiger partial charge in [0.15, 0.2) is 0 Å². The van der Waals surface area contributed by atoms with Crippen molar-refractivity contribution in [1.82, 2.24) is 20.1 Å². The summed E-state index contributed by atoms with van der Waals surface area (Å²) in [4.78, 5) is 18.8. The first-order chi connectivity index (χ1) is 12.7. The second-order valence-corrected chi connectivity index (χ2v) is 6.49. The molecule has 6 heteroatoms. The standard InChI is InChI=1S/C20H19FN4O/c21-16-7-5-15(6-8-16)17-13-23-24-20(17)18-4-2-10-25(18)19(26)11-14-3-1-9-22-12-14/h1,3,5-9,12-13,18H,2,4,10-11H2,(H,23,24)/t18-/m0/s1. The van der Waals surface area contributed by atoms with Crippen LogP contribution in [-0.2, 0) is 11.2 Å². The summed E-state index contributed by atoms with van der Waals surface area (Å²) in [5.74, 6) is -0.187. The number of likely N-dealkylation sites (tertiary alicyclic amines) is 1. The fourth-order valence-electron chi connectivity index (χ4n) is 3.55. The SMILES string of the molecule is O=C(Cc1cccnc1)N1CCC[C@H]1c1[nH]ncc1-c1ccc(F)cc1. The second-order valence-electron chi connectivity index (χ2n) is 6.49. The molecule has 1 aliphatic heterocycles. The molecule has 2 aromatic heterocycles. The first kappa shape index (κ1) is 16.4. The summed E-state index contributed by atoms with van der Waals surface area (Å²) in [5, 5.41) is 7.24. The fourth-order valence-corrected chi connectivity index (χ4v) is 3.55. The number of carbonyl (C=O) groups excluding carboxylic acids is 1. The molecule has 0 radical (unpaired) electrons. The lowest BCUT2D eigenvalue weighted by atomic mass is 10.0. The van der Waals surface area contributed by atoms with Gasteiger partial charge >= 0.3 is 0 Å². The number of aromatic amines is 1. The van der Waals surface area contributed by atoms with Crippen LogP contribution in [-0.4, -0.2) is 32.5 Å². The summed E-state index contributed by atoms with van der Waals surface area (Å²) in [6, 6.07) is 10.1. The molecule has 4 rings (SSSR count). The van der Waals surface area contributed by atoms with Crippen LogP contribution in [0.5, 0.6) is 0 Å². The van der Waals surface area contributed by atoms with E-state index in [1.165, 1.54) is 12.1 Å². The normalized spacial score (nSPS) is 16.8. The number of carbonyl (C=O) groups is 1. The molecule has 0 unspecified atom stereocenters. The molecule has 1 saturated heterocycles. The first-order valence-electron chi connectivity index (χ1n) is 8.70. The van der Waals surface area contributed by atoms with Crippen molar-refractivity contribution in [3.63, 3.8) is 0 Å². The van der Waals surface area contributed by atoms with E-state index in [4.69, 9.17) is 0 Å². The molecule has 5 nitrogen and oxygen atoms in total. The molecule has 1 amide bonds. The number of halogens is 1. The number of aromatic nitrogens is 3. The summed E-state index contributed by atoms with van der Waals surface area (Å²) in [6.07, 6.45) is 7.34. The largest absolute Gasteiger partial charge is 0.334 e. The Labute approximate surface area is 150 Å². The first-order valence-corrected chi connectivity index (χ1v) is 8.70. The van der Waals surface area contributed by atoms with Crippen LogP contribution in [0.4, 0.5) is 4.39 Å². The minimum absolute atomic E-state index is 0.0401. The van der Waals surface area contributed by atoms with Crippen LogP contribution in [0.2, 0.25) is 0 Å². The summed E-state index contributed by atoms with van der Waals surface area (Å²) < 4.78 is 13.2. The highest BCUT2D eigenvalue weighted by Crippen LogP contribution is 2.36. The van der Waals surface area contributed by atoms with Gasteiger partial charge in [-0.05, 0) is 42.2 Å². The maximum absolute atomic E-state index is 13.2. The maximum atomic E-state index is 13.2. The Morgan fingerprint density at radius 2 is 2.08 bits per heavy atom. The van der Waals surface area contributed by atoms with Crippen LogP contribution >= 0.6 is 0 Å². The third-order valence-corrected chi connectivity index (χ3v) is 4.81. The molecule has 26 heavy (non-hydrogen) atoms. The van der Waals surface area contributed by atoms with Gasteiger partial charge in [-0.15, -0.1) is 0 Å². The molecule has 0 bridgehead atoms. The molecule has 3 aromatic rings. The van der Waals surface area contributed by atoms with Gasteiger partial charge in [-0.25, -0.2) is 4.39 Å². The zero-order valence-corrected chi connectivity index (χ0v) is 14.2. The van der Waals surface area contributed by atoms with E-state index in [-0.39, 0.29) is 17.8 Å². The lowest BCUT2D eigenvalue weighted by Crippen LogP contribution is -2.32. The highest BCUT2D eigenvalue weighted by atomic mass is 19.1. The van der Waals surface area contributed by atoms with Crippen molar-refractivity contribution in [2.75, 3.05) is 6.54 Å². The van der Waals surface area contributed by atoms with Gasteiger partial charge in [-0.3, -0.25) is 14.9 Å². The Hall–Kier alpha value is -3.02. The topological polar surface area (TPSA) is 61.9 Å². The van der Waals surface area contributed by atoms with Crippen LogP contribution in [0.25, 0.3) is 11.1 Å². The van der Waals surface area contributed by atoms with Crippen molar-refractivity contribution < 1.29 is 9.18 Å². The number of amides is 1. The molecule has 1 N–H and O–H groups in total. The summed E-state index contributed by atoms with van der Waals surface area (Å²) in [5.41, 5.74) is 3.62. The third-order valence-electron chi connectivity index (χ3n) is 4.81. The second kappa shape index (κ2) is 7.07. The van der Waals surface area contributed by atoms with E-state index in [1.807, 2.05) is 17.0 Å². The van der Waals surface area contributed by atoms with Crippen molar-refractivity contribution in [2.24, 2.45) is 0 Å². The highest BCUT2D eigenvalue weighted by Gasteiger charge is 2.32. The van der Waals surface area contributed by atoms with Crippen LogP contribution in [0.1, 0.15) is 30.1 Å². The molecule has 1 aromatic carbocycles. The number of hydrogen-bond acceptors (Lipinski definition) is 3. The maximum Gasteiger partial charge on any atom is 0.227 e. The van der Waals surface area contributed by atoms with Gasteiger partial charge < -0.3 is 4.90 Å². The summed E-state index contributed by atoms with van der Waals surface area (Å²) >= 11 is 0. The number of benzene rings is 1. The predicted molar refractivity (Wildman–Crippen MR) is 95.6 cm³/mol. The van der Waals surface area contributed by atoms with Crippen LogP contribution in [0.3, 0.4) is 0 Å². The van der Waals surface area contributed by atoms with E-state index in [2.05, 4.69) is 15.2 Å². The van der Waals surface area contributed by atoms with Crippen molar-refractivity contribution in [3.8, 4) is 11.1 Å². The molecule has 1 aliphatic rings. The van der Waals surface area contributed by atoms with Gasteiger partial charge in [0.2, 0.25) is 5.91 Å². The number of H-pyrrole nitrogens is 1. The van der Waals surface area contributed by atoms with Crippen molar-refractivity contribution in [2.45, 2.75) is 25.3 Å². The molecular weight excluding hydrogens is 331 g/mol. The van der Waals surface area contributed by atoms with Crippen LogP contribution in [0, 0.1) is 5.82 Å². The lowest BCUT2D eigenvalue weighted by molar-refractivity contribution is -0.131. The summed E-state index contributed by atoms with van der Waals surface area (Å²) in [6.45, 7) is 0.728. The van der Waals surface area contributed by atoms with Gasteiger partial charge in [0.1, 0.15) is 5.82 Å². The van der Waals surface area contributed by atoms with Gasteiger partial charge in [-0.1, -0.05) is 18.2 Å². The van der Waals surface area contributed by atoms with E-state index >= 15 is 0 Å². The Bertz CT molecular complexity index is 892. The quantitative estimate of drug-likeness (QED) is 0.783. The smallest absolute Gasteiger partial charge is 0.227 e. The summed E-state index contributed by atoms with van der Waals surface area (Å²) in [7, 11) is 0. The van der Waals surface area contributed by atoms with Crippen molar-refractivity contribution >= 4 is 5.91 Å². The van der Waals surface area contributed by atoms with Gasteiger partial charge in [0, 0.05) is 24.5 Å². The number of nitrogens with one attached hydrogen (secondary N) is 1. The molecule has 1 fully saturated rings. The molecule has 0 spiro atoms. The fraction of sp³-hybridized carbons (Fsp3) is 0.250. The average Bonchev–Trinajstić information content (AvgIpc) is 3.32. The average molecular weight is 350 g/mol. The zero-order valence-electron chi connectivity index (χ0n) is 14.2. The molecule has 132 valence electrons. The minimum atomic E-state index is -0.270. The third kappa shape index (κ3) is 3.22. The number of rotatable bonds is 4. The number of nitrogens with zero attached hydrogens (tertiary/aromatic N) is 3. The molecular formula is C20H19FN4O. The van der Waals surface area contributed by atoms with Crippen LogP contribution in [0.15, 0.2) is 55.0 Å². The predicted octanol–water partition coefficient (Wildman–Crippen LogP) is 3.52. The van der Waals surface area contributed by atoms with E-state index in [0.717, 1.165) is 41.8 Å². The molecule has 0 saturated carbocycles. The monoisotopic (exact) mass is 350 g/mol. The van der Waals surface area contributed by atoms with Gasteiger partial charge in [0.25, 0.3) is 0 Å². The molecule has 1 atom stereocenters. The van der Waals surface area contributed by atoms with Gasteiger partial charge in [0.05, 0.1) is 24.4 Å². The van der Waals surface area contributed by atoms with E-state index in [0.29, 0.717) is 6.42 Å². The Morgan fingerprint density at radius 1 is 1.23 bits per heavy atom. The highest BCUT2D eigenvalue weighted by molar-refractivity contribution is 5.80. The lowest BCUT2D eigenvalue weighted by Gasteiger charge is -2.25. The van der Waals surface area contributed by atoms with E-state index in [1.54, 1.807) is 30.7 Å². The zero-order chi connectivity index (χ0) is 17.9. The van der Waals surface area contributed by atoms with E-state index in [9.17, 15) is 9.18 Å². The minimum Gasteiger partial charge on any atom is -0.334 e. The molecule has 0 aliphatic carbocycles. The van der Waals surface area contributed by atoms with Crippen molar-refractivity contribution in [1.29, 1.82) is 0 Å². The molecule has 3 heterocycles. The Morgan fingerprint density at radius 3 is 2.85 bits per heavy atom. The van der Waals surface area contributed by atoms with E-state index < -0.39 is 0 Å². The van der Waals surface area contributed by atoms with Gasteiger partial charge in [-0.2, -0.15) is 5.10 Å². The van der Waals surface area contributed by atoms with Crippen LogP contribution < -0.4 is 0 Å². The number of pyridine rings is 1.